The molecule has 1 aromatic carbocycles. The van der Waals surface area contributed by atoms with E-state index in [2.05, 4.69) is 20.3 Å². The highest BCUT2D eigenvalue weighted by molar-refractivity contribution is 5.74. The summed E-state index contributed by atoms with van der Waals surface area (Å²) in [6.45, 7) is 1.43. The predicted octanol–water partition coefficient (Wildman–Crippen LogP) is 2.41. The van der Waals surface area contributed by atoms with Crippen LogP contribution in [0.4, 0.5) is 0 Å². The Labute approximate surface area is 155 Å². The molecule has 27 heavy (non-hydrogen) atoms. The molecule has 0 aliphatic rings. The van der Waals surface area contributed by atoms with E-state index < -0.39 is 0 Å². The molecule has 0 aliphatic carbocycles. The first-order valence-electron chi connectivity index (χ1n) is 8.59. The van der Waals surface area contributed by atoms with E-state index in [9.17, 15) is 4.79 Å². The second-order valence-corrected chi connectivity index (χ2v) is 6.15. The number of methoxy groups -OCH3 is 1. The van der Waals surface area contributed by atoms with Crippen LogP contribution in [0.15, 0.2) is 65.8 Å². The maximum atomic E-state index is 12.2. The van der Waals surface area contributed by atoms with E-state index in [0.717, 1.165) is 28.7 Å². The van der Waals surface area contributed by atoms with E-state index >= 15 is 0 Å². The molecule has 136 valence electrons. The third-order valence-electron chi connectivity index (χ3n) is 4.32. The van der Waals surface area contributed by atoms with Crippen LogP contribution in [0.2, 0.25) is 0 Å². The average Bonchev–Trinajstić information content (AvgIpc) is 3.16. The number of hydrogen-bond acceptors (Lipinski definition) is 5. The quantitative estimate of drug-likeness (QED) is 0.551. The second kappa shape index (κ2) is 7.43. The van der Waals surface area contributed by atoms with Gasteiger partial charge in [0.05, 0.1) is 12.8 Å². The van der Waals surface area contributed by atoms with Crippen molar-refractivity contribution in [2.45, 2.75) is 13.1 Å². The number of nitrogens with zero attached hydrogens (tertiary/aromatic N) is 3. The minimum atomic E-state index is -0.303. The van der Waals surface area contributed by atoms with Gasteiger partial charge in [-0.3, -0.25) is 4.57 Å². The number of nitrogens with one attached hydrogen (secondary N) is 2. The van der Waals surface area contributed by atoms with Crippen LogP contribution in [0, 0.1) is 0 Å². The van der Waals surface area contributed by atoms with Crippen molar-refractivity contribution in [1.82, 2.24) is 24.8 Å². The summed E-state index contributed by atoms with van der Waals surface area (Å²) in [5.74, 6) is 0.608. The van der Waals surface area contributed by atoms with Crippen molar-refractivity contribution in [3.63, 3.8) is 0 Å². The molecule has 0 aliphatic heterocycles. The lowest BCUT2D eigenvalue weighted by Crippen LogP contribution is -2.20. The number of benzene rings is 1. The van der Waals surface area contributed by atoms with Gasteiger partial charge in [0.1, 0.15) is 5.65 Å². The largest absolute Gasteiger partial charge is 0.481 e. The van der Waals surface area contributed by atoms with Gasteiger partial charge in [0.25, 0.3) is 0 Å². The molecule has 0 spiro atoms. The molecule has 0 fully saturated rings. The number of ether oxygens (including phenoxy) is 1. The van der Waals surface area contributed by atoms with Crippen molar-refractivity contribution in [3.05, 3.63) is 82.7 Å². The van der Waals surface area contributed by atoms with E-state index in [4.69, 9.17) is 4.74 Å². The Bertz CT molecular complexity index is 1100. The number of H-pyrrole nitrogens is 1. The van der Waals surface area contributed by atoms with Gasteiger partial charge in [-0.15, -0.1) is 0 Å². The van der Waals surface area contributed by atoms with Crippen LogP contribution in [-0.4, -0.2) is 26.6 Å². The number of fused-ring (bicyclic) bond motifs is 1. The Kier molecular flexibility index (Phi) is 4.67. The van der Waals surface area contributed by atoms with Crippen LogP contribution >= 0.6 is 0 Å². The molecule has 4 rings (SSSR count). The molecule has 3 aromatic heterocycles. The van der Waals surface area contributed by atoms with Gasteiger partial charge in [-0.1, -0.05) is 18.2 Å². The molecular formula is C20H19N5O2. The number of aromatic nitrogens is 4. The highest BCUT2D eigenvalue weighted by Crippen LogP contribution is 2.12. The molecule has 0 saturated carbocycles. The fourth-order valence-electron chi connectivity index (χ4n) is 2.86. The van der Waals surface area contributed by atoms with Crippen molar-refractivity contribution in [2.75, 3.05) is 7.11 Å². The molecule has 2 N–H and O–H groups in total. The molecule has 0 atom stereocenters. The molecule has 0 unspecified atom stereocenters. The lowest BCUT2D eigenvalue weighted by Gasteiger charge is -2.08. The molecule has 0 radical (unpaired) electrons. The highest BCUT2D eigenvalue weighted by atomic mass is 16.5. The number of pyridine rings is 1. The predicted molar refractivity (Wildman–Crippen MR) is 103 cm³/mol. The summed E-state index contributed by atoms with van der Waals surface area (Å²) in [5.41, 5.74) is 3.31. The molecule has 7 heteroatoms. The molecule has 0 saturated heterocycles. The van der Waals surface area contributed by atoms with E-state index in [1.165, 1.54) is 0 Å². The molecular weight excluding hydrogens is 342 g/mol. The summed E-state index contributed by atoms with van der Waals surface area (Å²) in [4.78, 5) is 23.4. The number of aromatic amines is 1. The van der Waals surface area contributed by atoms with Gasteiger partial charge in [0, 0.05) is 43.1 Å². The van der Waals surface area contributed by atoms with Crippen LogP contribution in [0.3, 0.4) is 0 Å². The zero-order valence-corrected chi connectivity index (χ0v) is 14.8. The molecule has 7 nitrogen and oxygen atoms in total. The third kappa shape index (κ3) is 3.73. The van der Waals surface area contributed by atoms with Gasteiger partial charge in [-0.2, -0.15) is 4.98 Å². The summed E-state index contributed by atoms with van der Waals surface area (Å²) < 4.78 is 6.61. The average molecular weight is 361 g/mol. The Hall–Kier alpha value is -3.45. The highest BCUT2D eigenvalue weighted by Gasteiger charge is 2.05. The van der Waals surface area contributed by atoms with Crippen LogP contribution < -0.4 is 15.7 Å². The normalized spacial score (nSPS) is 11.0. The Morgan fingerprint density at radius 2 is 1.85 bits per heavy atom. The van der Waals surface area contributed by atoms with Gasteiger partial charge in [0.2, 0.25) is 5.88 Å². The van der Waals surface area contributed by atoms with E-state index in [1.807, 2.05) is 42.5 Å². The fraction of sp³-hybridized carbons (Fsp3) is 0.150. The minimum absolute atomic E-state index is 0.303. The number of hydrogen-bond donors (Lipinski definition) is 2. The maximum absolute atomic E-state index is 12.2. The maximum Gasteiger partial charge on any atom is 0.354 e. The standard InChI is InChI=1S/C20H19N5O2/c1-27-18-7-4-15(12-23-18)11-21-10-14-2-5-17(6-3-14)25-13-16-8-9-22-19(16)24-20(25)26/h2-9,12-13,21H,10-11H2,1H3,(H,22,24,26). The molecule has 0 bridgehead atoms. The van der Waals surface area contributed by atoms with Crippen molar-refractivity contribution < 1.29 is 4.74 Å². The van der Waals surface area contributed by atoms with Crippen LogP contribution in [0.25, 0.3) is 16.7 Å². The van der Waals surface area contributed by atoms with E-state index in [-0.39, 0.29) is 5.69 Å². The van der Waals surface area contributed by atoms with E-state index in [1.54, 1.807) is 30.3 Å². The molecule has 0 amide bonds. The Morgan fingerprint density at radius 3 is 2.59 bits per heavy atom. The Morgan fingerprint density at radius 1 is 1.07 bits per heavy atom. The van der Waals surface area contributed by atoms with Gasteiger partial charge in [-0.05, 0) is 29.3 Å². The van der Waals surface area contributed by atoms with Crippen molar-refractivity contribution in [3.8, 4) is 11.6 Å². The fourth-order valence-corrected chi connectivity index (χ4v) is 2.86. The SMILES string of the molecule is COc1ccc(CNCc2ccc(-n3cc4cc[nH]c4nc3=O)cc2)cn1. The van der Waals surface area contributed by atoms with Crippen molar-refractivity contribution in [1.29, 1.82) is 0 Å². The summed E-state index contributed by atoms with van der Waals surface area (Å²) in [6, 6.07) is 13.6. The lowest BCUT2D eigenvalue weighted by molar-refractivity contribution is 0.397. The first-order chi connectivity index (χ1) is 13.2. The van der Waals surface area contributed by atoms with Crippen molar-refractivity contribution in [2.24, 2.45) is 0 Å². The smallest absolute Gasteiger partial charge is 0.354 e. The zero-order chi connectivity index (χ0) is 18.6. The van der Waals surface area contributed by atoms with E-state index in [0.29, 0.717) is 18.1 Å². The van der Waals surface area contributed by atoms with Crippen LogP contribution in [0.5, 0.6) is 5.88 Å². The van der Waals surface area contributed by atoms with Crippen LogP contribution in [0.1, 0.15) is 11.1 Å². The van der Waals surface area contributed by atoms with Gasteiger partial charge >= 0.3 is 5.69 Å². The van der Waals surface area contributed by atoms with Gasteiger partial charge in [0.15, 0.2) is 0 Å². The van der Waals surface area contributed by atoms with Crippen molar-refractivity contribution >= 4 is 11.0 Å². The summed E-state index contributed by atoms with van der Waals surface area (Å²) >= 11 is 0. The second-order valence-electron chi connectivity index (χ2n) is 6.15. The topological polar surface area (TPSA) is 84.8 Å². The lowest BCUT2D eigenvalue weighted by atomic mass is 10.2. The van der Waals surface area contributed by atoms with Gasteiger partial charge < -0.3 is 15.0 Å². The summed E-state index contributed by atoms with van der Waals surface area (Å²) in [7, 11) is 1.60. The molecule has 3 heterocycles. The summed E-state index contributed by atoms with van der Waals surface area (Å²) in [6.07, 6.45) is 5.37. The first kappa shape index (κ1) is 17.0. The number of rotatable bonds is 6. The Balaban J connectivity index is 1.42. The minimum Gasteiger partial charge on any atom is -0.481 e. The molecule has 4 aromatic rings. The monoisotopic (exact) mass is 361 g/mol. The first-order valence-corrected chi connectivity index (χ1v) is 8.59. The van der Waals surface area contributed by atoms with Crippen LogP contribution in [-0.2, 0) is 13.1 Å². The summed E-state index contributed by atoms with van der Waals surface area (Å²) in [5, 5.41) is 4.28. The zero-order valence-electron chi connectivity index (χ0n) is 14.8. The van der Waals surface area contributed by atoms with Gasteiger partial charge in [-0.25, -0.2) is 9.78 Å². The third-order valence-corrected chi connectivity index (χ3v) is 4.32.